The Hall–Kier alpha value is -3.14. The Balaban J connectivity index is 1.50. The SMILES string of the molecule is Cc1ccccc1N1CC(C(=O)Nc2ccc3ccccc3c2)CC1=O. The molecular weight excluding hydrogens is 324 g/mol. The van der Waals surface area contributed by atoms with Gasteiger partial charge in [-0.1, -0.05) is 48.5 Å². The number of amides is 2. The van der Waals surface area contributed by atoms with Crippen molar-refractivity contribution in [2.45, 2.75) is 13.3 Å². The summed E-state index contributed by atoms with van der Waals surface area (Å²) in [5.74, 6) is -0.448. The van der Waals surface area contributed by atoms with E-state index in [1.807, 2.05) is 73.7 Å². The standard InChI is InChI=1S/C22H20N2O2/c1-15-6-2-5-9-20(15)24-14-18(13-21(24)25)22(26)23-19-11-10-16-7-3-4-8-17(16)12-19/h2-12,18H,13-14H2,1H3,(H,23,26). The highest BCUT2D eigenvalue weighted by Crippen LogP contribution is 2.28. The van der Waals surface area contributed by atoms with Crippen LogP contribution in [-0.4, -0.2) is 18.4 Å². The van der Waals surface area contributed by atoms with Gasteiger partial charge in [-0.05, 0) is 41.5 Å². The minimum Gasteiger partial charge on any atom is -0.326 e. The first-order chi connectivity index (χ1) is 12.6. The number of carbonyl (C=O) groups excluding carboxylic acids is 2. The molecular formula is C22H20N2O2. The first-order valence-corrected chi connectivity index (χ1v) is 8.77. The van der Waals surface area contributed by atoms with Gasteiger partial charge >= 0.3 is 0 Å². The predicted molar refractivity (Wildman–Crippen MR) is 104 cm³/mol. The summed E-state index contributed by atoms with van der Waals surface area (Å²) in [6.45, 7) is 2.40. The van der Waals surface area contributed by atoms with Crippen LogP contribution in [0.2, 0.25) is 0 Å². The Morgan fingerprint density at radius 1 is 1.00 bits per heavy atom. The minimum atomic E-state index is -0.339. The molecule has 1 aliphatic rings. The molecule has 4 nitrogen and oxygen atoms in total. The van der Waals surface area contributed by atoms with Crippen molar-refractivity contribution in [2.24, 2.45) is 5.92 Å². The number of fused-ring (bicyclic) bond motifs is 1. The Bertz CT molecular complexity index is 996. The molecule has 26 heavy (non-hydrogen) atoms. The quantitative estimate of drug-likeness (QED) is 0.776. The van der Waals surface area contributed by atoms with Gasteiger partial charge < -0.3 is 10.2 Å². The number of benzene rings is 3. The number of hydrogen-bond donors (Lipinski definition) is 1. The normalized spacial score (nSPS) is 16.9. The molecule has 0 bridgehead atoms. The second-order valence-corrected chi connectivity index (χ2v) is 6.74. The van der Waals surface area contributed by atoms with Crippen LogP contribution < -0.4 is 10.2 Å². The number of rotatable bonds is 3. The van der Waals surface area contributed by atoms with E-state index in [2.05, 4.69) is 5.32 Å². The molecule has 4 rings (SSSR count). The fourth-order valence-electron chi connectivity index (χ4n) is 3.49. The van der Waals surface area contributed by atoms with Gasteiger partial charge in [-0.2, -0.15) is 0 Å². The molecule has 130 valence electrons. The zero-order valence-electron chi connectivity index (χ0n) is 14.6. The Labute approximate surface area is 152 Å². The number of nitrogens with one attached hydrogen (secondary N) is 1. The van der Waals surface area contributed by atoms with Crippen molar-refractivity contribution in [1.29, 1.82) is 0 Å². The molecule has 1 saturated heterocycles. The summed E-state index contributed by atoms with van der Waals surface area (Å²) >= 11 is 0. The van der Waals surface area contributed by atoms with Crippen LogP contribution in [0.4, 0.5) is 11.4 Å². The van der Waals surface area contributed by atoms with Crippen LogP contribution in [0.25, 0.3) is 10.8 Å². The van der Waals surface area contributed by atoms with E-state index in [1.54, 1.807) is 4.90 Å². The highest BCUT2D eigenvalue weighted by Gasteiger charge is 2.35. The highest BCUT2D eigenvalue weighted by molar-refractivity contribution is 6.04. The molecule has 2 amide bonds. The number of carbonyl (C=O) groups is 2. The third kappa shape index (κ3) is 3.06. The molecule has 0 aromatic heterocycles. The van der Waals surface area contributed by atoms with Crippen LogP contribution in [0.1, 0.15) is 12.0 Å². The van der Waals surface area contributed by atoms with Crippen molar-refractivity contribution in [3.8, 4) is 0 Å². The Morgan fingerprint density at radius 2 is 1.73 bits per heavy atom. The second-order valence-electron chi connectivity index (χ2n) is 6.74. The fraction of sp³-hybridized carbons (Fsp3) is 0.182. The van der Waals surface area contributed by atoms with Gasteiger partial charge in [0, 0.05) is 24.3 Å². The molecule has 1 N–H and O–H groups in total. The van der Waals surface area contributed by atoms with Gasteiger partial charge in [-0.25, -0.2) is 0 Å². The third-order valence-corrected chi connectivity index (χ3v) is 4.92. The lowest BCUT2D eigenvalue weighted by Gasteiger charge is -2.19. The number of nitrogens with zero attached hydrogens (tertiary/aromatic N) is 1. The molecule has 0 saturated carbocycles. The van der Waals surface area contributed by atoms with Gasteiger partial charge in [0.05, 0.1) is 5.92 Å². The molecule has 0 spiro atoms. The van der Waals surface area contributed by atoms with E-state index in [4.69, 9.17) is 0 Å². The molecule has 3 aromatic rings. The van der Waals surface area contributed by atoms with Gasteiger partial charge in [0.2, 0.25) is 11.8 Å². The maximum absolute atomic E-state index is 12.7. The largest absolute Gasteiger partial charge is 0.326 e. The second kappa shape index (κ2) is 6.64. The van der Waals surface area contributed by atoms with Crippen LogP contribution in [0.3, 0.4) is 0 Å². The summed E-state index contributed by atoms with van der Waals surface area (Å²) in [5, 5.41) is 5.18. The zero-order valence-corrected chi connectivity index (χ0v) is 14.6. The number of aryl methyl sites for hydroxylation is 1. The number of hydrogen-bond acceptors (Lipinski definition) is 2. The lowest BCUT2D eigenvalue weighted by molar-refractivity contribution is -0.122. The van der Waals surface area contributed by atoms with E-state index >= 15 is 0 Å². The van der Waals surface area contributed by atoms with Gasteiger partial charge in [-0.3, -0.25) is 9.59 Å². The van der Waals surface area contributed by atoms with Gasteiger partial charge in [0.15, 0.2) is 0 Å². The van der Waals surface area contributed by atoms with E-state index in [9.17, 15) is 9.59 Å². The van der Waals surface area contributed by atoms with Crippen molar-refractivity contribution in [3.05, 3.63) is 72.3 Å². The van der Waals surface area contributed by atoms with E-state index in [1.165, 1.54) is 0 Å². The first-order valence-electron chi connectivity index (χ1n) is 8.77. The minimum absolute atomic E-state index is 0.00189. The van der Waals surface area contributed by atoms with Crippen LogP contribution in [0.5, 0.6) is 0 Å². The maximum Gasteiger partial charge on any atom is 0.229 e. The van der Waals surface area contributed by atoms with E-state index in [-0.39, 0.29) is 24.2 Å². The summed E-state index contributed by atoms with van der Waals surface area (Å²) in [7, 11) is 0. The molecule has 0 aliphatic carbocycles. The number of para-hydroxylation sites is 1. The average Bonchev–Trinajstić information content (AvgIpc) is 3.04. The highest BCUT2D eigenvalue weighted by atomic mass is 16.2. The molecule has 1 aliphatic heterocycles. The molecule has 1 heterocycles. The van der Waals surface area contributed by atoms with Crippen molar-refractivity contribution in [1.82, 2.24) is 0 Å². The third-order valence-electron chi connectivity index (χ3n) is 4.92. The smallest absolute Gasteiger partial charge is 0.229 e. The Kier molecular flexibility index (Phi) is 4.17. The van der Waals surface area contributed by atoms with E-state index in [0.717, 1.165) is 27.7 Å². The summed E-state index contributed by atoms with van der Waals surface area (Å²) in [5.41, 5.74) is 2.69. The van der Waals surface area contributed by atoms with Gasteiger partial charge in [-0.15, -0.1) is 0 Å². The molecule has 0 radical (unpaired) electrons. The van der Waals surface area contributed by atoms with Crippen LogP contribution in [0.15, 0.2) is 66.7 Å². The number of anilines is 2. The topological polar surface area (TPSA) is 49.4 Å². The summed E-state index contributed by atoms with van der Waals surface area (Å²) in [6, 6.07) is 21.6. The van der Waals surface area contributed by atoms with Crippen molar-refractivity contribution in [2.75, 3.05) is 16.8 Å². The molecule has 4 heteroatoms. The molecule has 1 unspecified atom stereocenters. The van der Waals surface area contributed by atoms with Crippen molar-refractivity contribution >= 4 is 34.0 Å². The molecule has 3 aromatic carbocycles. The van der Waals surface area contributed by atoms with Crippen LogP contribution >= 0.6 is 0 Å². The lowest BCUT2D eigenvalue weighted by atomic mass is 10.1. The lowest BCUT2D eigenvalue weighted by Crippen LogP contribution is -2.28. The zero-order chi connectivity index (χ0) is 18.1. The van der Waals surface area contributed by atoms with E-state index < -0.39 is 0 Å². The average molecular weight is 344 g/mol. The first kappa shape index (κ1) is 16.3. The molecule has 1 fully saturated rings. The summed E-state index contributed by atoms with van der Waals surface area (Å²) in [4.78, 5) is 26.8. The van der Waals surface area contributed by atoms with Gasteiger partial charge in [0.25, 0.3) is 0 Å². The summed E-state index contributed by atoms with van der Waals surface area (Å²) in [6.07, 6.45) is 0.244. The monoisotopic (exact) mass is 344 g/mol. The van der Waals surface area contributed by atoms with Gasteiger partial charge in [0.1, 0.15) is 0 Å². The maximum atomic E-state index is 12.7. The molecule has 1 atom stereocenters. The van der Waals surface area contributed by atoms with Crippen LogP contribution in [-0.2, 0) is 9.59 Å². The predicted octanol–water partition coefficient (Wildman–Crippen LogP) is 4.14. The van der Waals surface area contributed by atoms with E-state index in [0.29, 0.717) is 6.54 Å². The summed E-state index contributed by atoms with van der Waals surface area (Å²) < 4.78 is 0. The van der Waals surface area contributed by atoms with Crippen LogP contribution in [0, 0.1) is 12.8 Å². The fourth-order valence-corrected chi connectivity index (χ4v) is 3.49. The van der Waals surface area contributed by atoms with Crippen molar-refractivity contribution in [3.63, 3.8) is 0 Å². The van der Waals surface area contributed by atoms with Crippen molar-refractivity contribution < 1.29 is 9.59 Å². The Morgan fingerprint density at radius 3 is 2.54 bits per heavy atom.